The lowest BCUT2D eigenvalue weighted by Crippen LogP contribution is -2.38. The number of ether oxygens (including phenoxy) is 1. The summed E-state index contributed by atoms with van der Waals surface area (Å²) in [6, 6.07) is 9.68. The van der Waals surface area contributed by atoms with Gasteiger partial charge in [0.05, 0.1) is 17.9 Å². The van der Waals surface area contributed by atoms with Gasteiger partial charge in [0.25, 0.3) is 5.91 Å². The van der Waals surface area contributed by atoms with Crippen molar-refractivity contribution in [3.05, 3.63) is 54.0 Å². The molecule has 0 bridgehead atoms. The molecule has 7 heteroatoms. The second kappa shape index (κ2) is 9.41. The maximum absolute atomic E-state index is 13.3. The maximum atomic E-state index is 13.3. The van der Waals surface area contributed by atoms with Crippen molar-refractivity contribution in [2.45, 2.75) is 25.3 Å². The quantitative estimate of drug-likeness (QED) is 0.758. The van der Waals surface area contributed by atoms with Gasteiger partial charge in [0.2, 0.25) is 5.91 Å². The van der Waals surface area contributed by atoms with Gasteiger partial charge in [-0.3, -0.25) is 14.6 Å². The number of carbonyl (C=O) groups excluding carboxylic acids is 2. The number of hydrogen-bond donors (Lipinski definition) is 1. The van der Waals surface area contributed by atoms with E-state index in [-0.39, 0.29) is 23.7 Å². The van der Waals surface area contributed by atoms with Crippen molar-refractivity contribution in [3.63, 3.8) is 0 Å². The standard InChI is InChI=1S/C21H24FN3O3/c1-28-12-11-25-18(6-8-20(25)26)9-10-23-21(27)16-5-7-19(24-14-16)15-3-2-4-17(22)13-15/h2-5,7,13-14,18H,6,8-12H2,1H3,(H,23,27). The Morgan fingerprint density at radius 2 is 2.21 bits per heavy atom. The summed E-state index contributed by atoms with van der Waals surface area (Å²) in [6.45, 7) is 1.57. The average Bonchev–Trinajstić information content (AvgIpc) is 3.06. The van der Waals surface area contributed by atoms with Gasteiger partial charge in [-0.15, -0.1) is 0 Å². The Bertz CT molecular complexity index is 826. The summed E-state index contributed by atoms with van der Waals surface area (Å²) >= 11 is 0. The Morgan fingerprint density at radius 1 is 1.36 bits per heavy atom. The molecule has 0 radical (unpaired) electrons. The zero-order valence-electron chi connectivity index (χ0n) is 15.9. The van der Waals surface area contributed by atoms with E-state index < -0.39 is 0 Å². The zero-order chi connectivity index (χ0) is 19.9. The van der Waals surface area contributed by atoms with Crippen LogP contribution in [0.25, 0.3) is 11.3 Å². The molecule has 3 rings (SSSR count). The van der Waals surface area contributed by atoms with Gasteiger partial charge in [-0.25, -0.2) is 4.39 Å². The van der Waals surface area contributed by atoms with Crippen LogP contribution in [0.15, 0.2) is 42.6 Å². The van der Waals surface area contributed by atoms with Crippen LogP contribution in [0.5, 0.6) is 0 Å². The number of pyridine rings is 1. The van der Waals surface area contributed by atoms with E-state index >= 15 is 0 Å². The molecule has 28 heavy (non-hydrogen) atoms. The van der Waals surface area contributed by atoms with Crippen molar-refractivity contribution >= 4 is 11.8 Å². The molecule has 0 saturated carbocycles. The molecule has 2 aromatic rings. The number of nitrogens with zero attached hydrogens (tertiary/aromatic N) is 2. The van der Waals surface area contributed by atoms with E-state index in [4.69, 9.17) is 4.74 Å². The van der Waals surface area contributed by atoms with Crippen molar-refractivity contribution in [2.75, 3.05) is 26.8 Å². The third-order valence-corrected chi connectivity index (χ3v) is 4.90. The summed E-state index contributed by atoms with van der Waals surface area (Å²) in [5.74, 6) is -0.400. The molecule has 2 heterocycles. The predicted molar refractivity (Wildman–Crippen MR) is 103 cm³/mol. The van der Waals surface area contributed by atoms with E-state index in [1.807, 2.05) is 4.90 Å². The summed E-state index contributed by atoms with van der Waals surface area (Å²) in [6.07, 6.45) is 3.55. The fourth-order valence-electron chi connectivity index (χ4n) is 3.39. The first kappa shape index (κ1) is 19.9. The minimum absolute atomic E-state index is 0.136. The van der Waals surface area contributed by atoms with Gasteiger partial charge in [-0.05, 0) is 37.1 Å². The first-order valence-corrected chi connectivity index (χ1v) is 9.37. The molecule has 1 aromatic heterocycles. The number of carbonyl (C=O) groups is 2. The molecule has 1 aromatic carbocycles. The number of rotatable bonds is 8. The van der Waals surface area contributed by atoms with E-state index in [0.717, 1.165) is 6.42 Å². The van der Waals surface area contributed by atoms with E-state index in [2.05, 4.69) is 10.3 Å². The largest absolute Gasteiger partial charge is 0.383 e. The van der Waals surface area contributed by atoms with Crippen LogP contribution in [-0.2, 0) is 9.53 Å². The number of aromatic nitrogens is 1. The second-order valence-electron chi connectivity index (χ2n) is 6.76. The lowest BCUT2D eigenvalue weighted by Gasteiger charge is -2.24. The highest BCUT2D eigenvalue weighted by Gasteiger charge is 2.30. The van der Waals surface area contributed by atoms with Gasteiger partial charge in [0, 0.05) is 44.4 Å². The van der Waals surface area contributed by atoms with Crippen LogP contribution in [0.2, 0.25) is 0 Å². The lowest BCUT2D eigenvalue weighted by molar-refractivity contribution is -0.129. The SMILES string of the molecule is COCCN1C(=O)CCC1CCNC(=O)c1ccc(-c2cccc(F)c2)nc1. The second-order valence-corrected chi connectivity index (χ2v) is 6.76. The number of amides is 2. The van der Waals surface area contributed by atoms with Crippen LogP contribution in [0.3, 0.4) is 0 Å². The van der Waals surface area contributed by atoms with E-state index in [1.165, 1.54) is 18.3 Å². The van der Waals surface area contributed by atoms with Crippen molar-refractivity contribution < 1.29 is 18.7 Å². The van der Waals surface area contributed by atoms with Crippen LogP contribution in [0.4, 0.5) is 4.39 Å². The summed E-state index contributed by atoms with van der Waals surface area (Å²) in [5.41, 5.74) is 1.71. The van der Waals surface area contributed by atoms with Gasteiger partial charge >= 0.3 is 0 Å². The highest BCUT2D eigenvalue weighted by atomic mass is 19.1. The van der Waals surface area contributed by atoms with Crippen molar-refractivity contribution in [1.29, 1.82) is 0 Å². The molecule has 0 aliphatic carbocycles. The number of methoxy groups -OCH3 is 1. The number of nitrogens with one attached hydrogen (secondary N) is 1. The first-order valence-electron chi connectivity index (χ1n) is 9.37. The van der Waals surface area contributed by atoms with E-state index in [9.17, 15) is 14.0 Å². The average molecular weight is 385 g/mol. The van der Waals surface area contributed by atoms with Crippen molar-refractivity contribution in [1.82, 2.24) is 15.2 Å². The summed E-state index contributed by atoms with van der Waals surface area (Å²) in [4.78, 5) is 30.4. The van der Waals surface area contributed by atoms with Crippen LogP contribution >= 0.6 is 0 Å². The fraction of sp³-hybridized carbons (Fsp3) is 0.381. The summed E-state index contributed by atoms with van der Waals surface area (Å²) < 4.78 is 18.4. The highest BCUT2D eigenvalue weighted by molar-refractivity contribution is 5.94. The van der Waals surface area contributed by atoms with E-state index in [1.54, 1.807) is 31.4 Å². The Balaban J connectivity index is 1.51. The molecule has 1 N–H and O–H groups in total. The van der Waals surface area contributed by atoms with Crippen molar-refractivity contribution in [2.24, 2.45) is 0 Å². The molecule has 2 amide bonds. The summed E-state index contributed by atoms with van der Waals surface area (Å²) in [5, 5.41) is 2.88. The van der Waals surface area contributed by atoms with Crippen LogP contribution in [0.1, 0.15) is 29.6 Å². The molecule has 1 fully saturated rings. The predicted octanol–water partition coefficient (Wildman–Crippen LogP) is 2.65. The topological polar surface area (TPSA) is 71.5 Å². The normalized spacial score (nSPS) is 16.4. The number of likely N-dealkylation sites (tertiary alicyclic amines) is 1. The molecule has 1 aliphatic rings. The van der Waals surface area contributed by atoms with Crippen LogP contribution < -0.4 is 5.32 Å². The zero-order valence-corrected chi connectivity index (χ0v) is 15.9. The molecule has 1 unspecified atom stereocenters. The summed E-state index contributed by atoms with van der Waals surface area (Å²) in [7, 11) is 1.61. The van der Waals surface area contributed by atoms with Gasteiger partial charge in [-0.1, -0.05) is 12.1 Å². The maximum Gasteiger partial charge on any atom is 0.252 e. The molecule has 6 nitrogen and oxygen atoms in total. The fourth-order valence-corrected chi connectivity index (χ4v) is 3.39. The minimum atomic E-state index is -0.328. The Hall–Kier alpha value is -2.80. The minimum Gasteiger partial charge on any atom is -0.383 e. The lowest BCUT2D eigenvalue weighted by atomic mass is 10.1. The Labute approximate surface area is 163 Å². The van der Waals surface area contributed by atoms with E-state index in [0.29, 0.717) is 49.4 Å². The third kappa shape index (κ3) is 4.92. The molecular formula is C21H24FN3O3. The molecule has 148 valence electrons. The van der Waals surface area contributed by atoms with Gasteiger partial charge in [-0.2, -0.15) is 0 Å². The molecule has 1 saturated heterocycles. The Morgan fingerprint density at radius 3 is 2.93 bits per heavy atom. The molecule has 0 spiro atoms. The van der Waals surface area contributed by atoms with Gasteiger partial charge < -0.3 is 15.0 Å². The number of hydrogen-bond acceptors (Lipinski definition) is 4. The molecule has 1 aliphatic heterocycles. The first-order chi connectivity index (χ1) is 13.6. The Kier molecular flexibility index (Phi) is 6.71. The molecule has 1 atom stereocenters. The smallest absolute Gasteiger partial charge is 0.252 e. The number of benzene rings is 1. The van der Waals surface area contributed by atoms with Crippen LogP contribution in [0, 0.1) is 5.82 Å². The third-order valence-electron chi connectivity index (χ3n) is 4.90. The van der Waals surface area contributed by atoms with Gasteiger partial charge in [0.15, 0.2) is 0 Å². The number of halogens is 1. The van der Waals surface area contributed by atoms with Crippen LogP contribution in [-0.4, -0.2) is 54.5 Å². The highest BCUT2D eigenvalue weighted by Crippen LogP contribution is 2.21. The van der Waals surface area contributed by atoms with Crippen molar-refractivity contribution in [3.8, 4) is 11.3 Å². The van der Waals surface area contributed by atoms with Gasteiger partial charge in [0.1, 0.15) is 5.82 Å². The monoisotopic (exact) mass is 385 g/mol. The molecular weight excluding hydrogens is 361 g/mol.